The Hall–Kier alpha value is -2.05. The topological polar surface area (TPSA) is 33.3 Å². The van der Waals surface area contributed by atoms with Crippen molar-refractivity contribution in [2.24, 2.45) is 5.92 Å². The Morgan fingerprint density at radius 1 is 0.966 bits per heavy atom. The zero-order valence-corrected chi connectivity index (χ0v) is 17.2. The maximum atomic E-state index is 13.3. The molecule has 2 aromatic rings. The van der Waals surface area contributed by atoms with Crippen molar-refractivity contribution in [2.75, 3.05) is 19.6 Å². The zero-order chi connectivity index (χ0) is 21.1. The molecule has 2 aromatic carbocycles. The molecule has 0 spiro atoms. The first-order valence-corrected chi connectivity index (χ1v) is 9.96. The third kappa shape index (κ3) is 6.21. The number of hydrogen-bond donors (Lipinski definition) is 2. The molecule has 1 fully saturated rings. The van der Waals surface area contributed by atoms with E-state index in [9.17, 15) is 13.2 Å². The van der Waals surface area contributed by atoms with Crippen LogP contribution >= 0.6 is 0 Å². The van der Waals surface area contributed by atoms with Crippen molar-refractivity contribution in [3.8, 4) is 5.75 Å². The van der Waals surface area contributed by atoms with Crippen LogP contribution in [-0.4, -0.2) is 19.6 Å². The normalized spacial score (nSPS) is 15.2. The Balaban J connectivity index is 1.67. The number of nitrogens with one attached hydrogen (secondary N) is 2. The molecule has 3 nitrogen and oxygen atoms in total. The summed E-state index contributed by atoms with van der Waals surface area (Å²) < 4.78 is 45.6. The molecule has 158 valence electrons. The molecule has 0 atom stereocenters. The molecule has 6 heteroatoms. The number of halogens is 3. The molecule has 0 saturated carbocycles. The van der Waals surface area contributed by atoms with Crippen molar-refractivity contribution in [3.63, 3.8) is 0 Å². The molecule has 3 rings (SSSR count). The molecule has 29 heavy (non-hydrogen) atoms. The average molecular weight is 406 g/mol. The molecule has 0 radical (unpaired) electrons. The Morgan fingerprint density at radius 2 is 1.66 bits per heavy atom. The lowest BCUT2D eigenvalue weighted by Crippen LogP contribution is -2.47. The van der Waals surface area contributed by atoms with Crippen LogP contribution in [0.25, 0.3) is 0 Å². The van der Waals surface area contributed by atoms with Crippen molar-refractivity contribution in [1.29, 1.82) is 0 Å². The fourth-order valence-corrected chi connectivity index (χ4v) is 3.19. The van der Waals surface area contributed by atoms with Crippen LogP contribution in [0.1, 0.15) is 43.0 Å². The van der Waals surface area contributed by atoms with Gasteiger partial charge in [0.15, 0.2) is 0 Å². The highest BCUT2D eigenvalue weighted by atomic mass is 19.4. The monoisotopic (exact) mass is 406 g/mol. The smallest absolute Gasteiger partial charge is 0.416 e. The largest absolute Gasteiger partial charge is 0.489 e. The number of hydrogen-bond acceptors (Lipinski definition) is 3. The summed E-state index contributed by atoms with van der Waals surface area (Å²) in [4.78, 5) is 0. The minimum absolute atomic E-state index is 0.0534. The van der Waals surface area contributed by atoms with E-state index < -0.39 is 11.7 Å². The molecular formula is C23H29F3N2O. The van der Waals surface area contributed by atoms with Gasteiger partial charge in [0.25, 0.3) is 0 Å². The zero-order valence-electron chi connectivity index (χ0n) is 17.2. The van der Waals surface area contributed by atoms with E-state index in [1.54, 1.807) is 6.07 Å². The predicted molar refractivity (Wildman–Crippen MR) is 109 cm³/mol. The standard InChI is InChI=1S/C23H29F3N2O/c1-22(2,3)19-6-4-16(5-7-19)15-29-21-9-17(8-20(10-21)23(24,25)26)11-27-12-18-13-28-14-18/h4-10,18,27-28H,11-15H2,1-3H3. The second kappa shape index (κ2) is 8.76. The van der Waals surface area contributed by atoms with E-state index in [2.05, 4.69) is 31.4 Å². The second-order valence-electron chi connectivity index (χ2n) is 8.75. The Kier molecular flexibility index (Phi) is 6.54. The predicted octanol–water partition coefficient (Wildman–Crippen LogP) is 4.89. The molecule has 1 heterocycles. The number of benzene rings is 2. The van der Waals surface area contributed by atoms with Gasteiger partial charge in [0.2, 0.25) is 0 Å². The maximum absolute atomic E-state index is 13.3. The van der Waals surface area contributed by atoms with Crippen LogP contribution in [0.2, 0.25) is 0 Å². The van der Waals surface area contributed by atoms with Crippen LogP contribution in [0.5, 0.6) is 5.75 Å². The fraction of sp³-hybridized carbons (Fsp3) is 0.478. The first-order chi connectivity index (χ1) is 13.6. The molecule has 0 aliphatic carbocycles. The van der Waals surface area contributed by atoms with Gasteiger partial charge in [-0.1, -0.05) is 45.0 Å². The van der Waals surface area contributed by atoms with E-state index in [4.69, 9.17) is 4.74 Å². The molecule has 0 aromatic heterocycles. The van der Waals surface area contributed by atoms with Crippen molar-refractivity contribution < 1.29 is 17.9 Å². The summed E-state index contributed by atoms with van der Waals surface area (Å²) in [6, 6.07) is 11.9. The summed E-state index contributed by atoms with van der Waals surface area (Å²) >= 11 is 0. The summed E-state index contributed by atoms with van der Waals surface area (Å²) in [5.74, 6) is 0.787. The van der Waals surface area contributed by atoms with Gasteiger partial charge in [0, 0.05) is 26.2 Å². The van der Waals surface area contributed by atoms with E-state index in [1.807, 2.05) is 24.3 Å². The molecule has 1 aliphatic heterocycles. The van der Waals surface area contributed by atoms with Gasteiger partial charge in [-0.3, -0.25) is 0 Å². The van der Waals surface area contributed by atoms with Crippen LogP contribution in [-0.2, 0) is 24.7 Å². The Morgan fingerprint density at radius 3 is 2.21 bits per heavy atom. The lowest BCUT2D eigenvalue weighted by atomic mass is 9.87. The quantitative estimate of drug-likeness (QED) is 0.687. The van der Waals surface area contributed by atoms with Gasteiger partial charge in [-0.05, 0) is 46.2 Å². The van der Waals surface area contributed by atoms with Gasteiger partial charge in [-0.15, -0.1) is 0 Å². The third-order valence-electron chi connectivity index (χ3n) is 5.15. The minimum atomic E-state index is -4.40. The molecule has 2 N–H and O–H groups in total. The SMILES string of the molecule is CC(C)(C)c1ccc(COc2cc(CNCC3CNC3)cc(C(F)(F)F)c2)cc1. The summed E-state index contributed by atoms with van der Waals surface area (Å²) in [6.45, 7) is 9.73. The van der Waals surface area contributed by atoms with E-state index >= 15 is 0 Å². The lowest BCUT2D eigenvalue weighted by Gasteiger charge is -2.27. The number of ether oxygens (including phenoxy) is 1. The summed E-state index contributed by atoms with van der Waals surface area (Å²) in [7, 11) is 0. The van der Waals surface area contributed by atoms with E-state index in [-0.39, 0.29) is 17.8 Å². The van der Waals surface area contributed by atoms with E-state index in [1.165, 1.54) is 11.6 Å². The summed E-state index contributed by atoms with van der Waals surface area (Å²) in [5, 5.41) is 6.42. The molecule has 0 unspecified atom stereocenters. The Labute approximate surface area is 170 Å². The highest BCUT2D eigenvalue weighted by Gasteiger charge is 2.31. The second-order valence-corrected chi connectivity index (χ2v) is 8.75. The molecule has 1 saturated heterocycles. The van der Waals surface area contributed by atoms with Crippen molar-refractivity contribution in [2.45, 2.75) is 45.5 Å². The van der Waals surface area contributed by atoms with E-state index in [0.29, 0.717) is 18.0 Å². The maximum Gasteiger partial charge on any atom is 0.416 e. The highest BCUT2D eigenvalue weighted by Crippen LogP contribution is 2.33. The van der Waals surface area contributed by atoms with Crippen LogP contribution in [0.4, 0.5) is 13.2 Å². The first-order valence-electron chi connectivity index (χ1n) is 9.96. The van der Waals surface area contributed by atoms with Crippen LogP contribution in [0.15, 0.2) is 42.5 Å². The minimum Gasteiger partial charge on any atom is -0.489 e. The molecule has 0 amide bonds. The van der Waals surface area contributed by atoms with Crippen molar-refractivity contribution in [3.05, 3.63) is 64.7 Å². The third-order valence-corrected chi connectivity index (χ3v) is 5.15. The summed E-state index contributed by atoms with van der Waals surface area (Å²) in [5.41, 5.74) is 2.08. The van der Waals surface area contributed by atoms with Gasteiger partial charge in [-0.25, -0.2) is 0 Å². The highest BCUT2D eigenvalue weighted by molar-refractivity contribution is 5.36. The summed E-state index contributed by atoms with van der Waals surface area (Å²) in [6.07, 6.45) is -4.40. The lowest BCUT2D eigenvalue weighted by molar-refractivity contribution is -0.137. The van der Waals surface area contributed by atoms with Gasteiger partial charge < -0.3 is 15.4 Å². The van der Waals surface area contributed by atoms with Crippen LogP contribution < -0.4 is 15.4 Å². The van der Waals surface area contributed by atoms with Gasteiger partial charge in [0.05, 0.1) is 5.56 Å². The molecule has 1 aliphatic rings. The van der Waals surface area contributed by atoms with E-state index in [0.717, 1.165) is 31.3 Å². The number of alkyl halides is 3. The average Bonchev–Trinajstić information content (AvgIpc) is 2.61. The molecular weight excluding hydrogens is 377 g/mol. The van der Waals surface area contributed by atoms with Crippen molar-refractivity contribution >= 4 is 0 Å². The van der Waals surface area contributed by atoms with Gasteiger partial charge in [0.1, 0.15) is 12.4 Å². The molecule has 0 bridgehead atoms. The fourth-order valence-electron chi connectivity index (χ4n) is 3.19. The number of rotatable bonds is 7. The van der Waals surface area contributed by atoms with Crippen LogP contribution in [0, 0.1) is 5.92 Å². The van der Waals surface area contributed by atoms with Crippen LogP contribution in [0.3, 0.4) is 0 Å². The van der Waals surface area contributed by atoms with Gasteiger partial charge >= 0.3 is 6.18 Å². The van der Waals surface area contributed by atoms with Gasteiger partial charge in [-0.2, -0.15) is 13.2 Å². The van der Waals surface area contributed by atoms with Crippen molar-refractivity contribution in [1.82, 2.24) is 10.6 Å². The Bertz CT molecular complexity index is 806. The first kappa shape index (κ1) is 21.7.